The Morgan fingerprint density at radius 2 is 1.78 bits per heavy atom. The molecule has 1 aromatic rings. The summed E-state index contributed by atoms with van der Waals surface area (Å²) in [5.74, 6) is 0. The first-order valence-electron chi connectivity index (χ1n) is 9.80. The van der Waals surface area contributed by atoms with Crippen LogP contribution >= 0.6 is 15.9 Å². The summed E-state index contributed by atoms with van der Waals surface area (Å²) in [7, 11) is -1.88. The molecular weight excluding hydrogens is 482 g/mol. The third kappa shape index (κ3) is 6.00. The van der Waals surface area contributed by atoms with E-state index < -0.39 is 8.32 Å². The number of hydrogen-bond acceptors (Lipinski definition) is 1. The first-order valence-corrected chi connectivity index (χ1v) is 13.8. The maximum absolute atomic E-state index is 6.99. The SMILES string of the molecule is C[C@@H]([C@H](O[Si](C)(C)C(C)(C)C)c1ccccc1)[N+]1=CC(C)(C)CC1CBr.[Br-]. The van der Waals surface area contributed by atoms with Gasteiger partial charge in [-0.1, -0.05) is 80.9 Å². The van der Waals surface area contributed by atoms with Crippen molar-refractivity contribution in [3.8, 4) is 0 Å². The molecule has 0 fully saturated rings. The topological polar surface area (TPSA) is 12.2 Å². The Morgan fingerprint density at radius 3 is 2.26 bits per heavy atom. The van der Waals surface area contributed by atoms with Gasteiger partial charge in [-0.15, -0.1) is 0 Å². The molecule has 1 heterocycles. The van der Waals surface area contributed by atoms with Crippen molar-refractivity contribution in [1.29, 1.82) is 0 Å². The molecule has 1 aromatic carbocycles. The van der Waals surface area contributed by atoms with Crippen LogP contribution in [0.25, 0.3) is 0 Å². The molecular formula is C22H37Br2NOSi. The molecule has 1 unspecified atom stereocenters. The molecule has 0 spiro atoms. The molecule has 0 saturated heterocycles. The molecule has 0 bridgehead atoms. The van der Waals surface area contributed by atoms with Gasteiger partial charge in [0.1, 0.15) is 12.3 Å². The van der Waals surface area contributed by atoms with Crippen LogP contribution in [0.2, 0.25) is 18.1 Å². The van der Waals surface area contributed by atoms with E-state index in [1.54, 1.807) is 0 Å². The maximum Gasteiger partial charge on any atom is 0.193 e. The molecule has 3 atom stereocenters. The van der Waals surface area contributed by atoms with Gasteiger partial charge < -0.3 is 21.4 Å². The van der Waals surface area contributed by atoms with Gasteiger partial charge >= 0.3 is 0 Å². The lowest BCUT2D eigenvalue weighted by Gasteiger charge is -2.40. The van der Waals surface area contributed by atoms with Crippen LogP contribution in [-0.2, 0) is 4.43 Å². The average Bonchev–Trinajstić information content (AvgIpc) is 2.87. The molecule has 0 radical (unpaired) electrons. The van der Waals surface area contributed by atoms with Crippen LogP contribution in [0.3, 0.4) is 0 Å². The van der Waals surface area contributed by atoms with Gasteiger partial charge in [-0.2, -0.15) is 0 Å². The first kappa shape index (κ1) is 25.1. The highest BCUT2D eigenvalue weighted by atomic mass is 79.9. The van der Waals surface area contributed by atoms with Crippen molar-refractivity contribution in [2.24, 2.45) is 5.41 Å². The number of alkyl halides is 1. The van der Waals surface area contributed by atoms with Gasteiger partial charge in [0.25, 0.3) is 0 Å². The molecule has 27 heavy (non-hydrogen) atoms. The molecule has 2 nitrogen and oxygen atoms in total. The highest BCUT2D eigenvalue weighted by Crippen LogP contribution is 2.42. The van der Waals surface area contributed by atoms with Crippen molar-refractivity contribution in [3.63, 3.8) is 0 Å². The Morgan fingerprint density at radius 1 is 1.22 bits per heavy atom. The van der Waals surface area contributed by atoms with Crippen molar-refractivity contribution in [2.45, 2.75) is 84.3 Å². The number of rotatable bonds is 6. The zero-order valence-corrected chi connectivity index (χ0v) is 22.4. The quantitative estimate of drug-likeness (QED) is 0.319. The van der Waals surface area contributed by atoms with Crippen molar-refractivity contribution < 1.29 is 26.0 Å². The monoisotopic (exact) mass is 517 g/mol. The number of hydrogen-bond donors (Lipinski definition) is 0. The highest BCUT2D eigenvalue weighted by Gasteiger charge is 2.46. The van der Waals surface area contributed by atoms with Crippen molar-refractivity contribution >= 4 is 30.5 Å². The normalized spacial score (nSPS) is 22.0. The van der Waals surface area contributed by atoms with E-state index in [4.69, 9.17) is 4.43 Å². The van der Waals surface area contributed by atoms with E-state index in [9.17, 15) is 0 Å². The van der Waals surface area contributed by atoms with Crippen LogP contribution in [0.5, 0.6) is 0 Å². The van der Waals surface area contributed by atoms with E-state index in [2.05, 4.69) is 112 Å². The summed E-state index contributed by atoms with van der Waals surface area (Å²) < 4.78 is 9.54. The summed E-state index contributed by atoms with van der Waals surface area (Å²) >= 11 is 3.74. The molecule has 0 aromatic heterocycles. The van der Waals surface area contributed by atoms with Crippen LogP contribution in [0.4, 0.5) is 0 Å². The van der Waals surface area contributed by atoms with Crippen molar-refractivity contribution in [1.82, 2.24) is 0 Å². The van der Waals surface area contributed by atoms with E-state index in [0.29, 0.717) is 12.1 Å². The van der Waals surface area contributed by atoms with Crippen LogP contribution in [0.15, 0.2) is 30.3 Å². The van der Waals surface area contributed by atoms with Crippen molar-refractivity contribution in [3.05, 3.63) is 35.9 Å². The summed E-state index contributed by atoms with van der Waals surface area (Å²) in [4.78, 5) is 0. The molecule has 0 aliphatic carbocycles. The molecule has 1 aliphatic rings. The van der Waals surface area contributed by atoms with Crippen LogP contribution < -0.4 is 17.0 Å². The van der Waals surface area contributed by atoms with Gasteiger partial charge in [-0.05, 0) is 23.7 Å². The fourth-order valence-electron chi connectivity index (χ4n) is 3.60. The number of halogens is 2. The predicted octanol–water partition coefficient (Wildman–Crippen LogP) is 3.42. The van der Waals surface area contributed by atoms with Gasteiger partial charge in [0, 0.05) is 18.8 Å². The van der Waals surface area contributed by atoms with Crippen LogP contribution in [0, 0.1) is 5.41 Å². The lowest BCUT2D eigenvalue weighted by atomic mass is 9.91. The number of benzene rings is 1. The van der Waals surface area contributed by atoms with E-state index in [1.165, 1.54) is 12.0 Å². The number of nitrogens with zero attached hydrogens (tertiary/aromatic N) is 1. The third-order valence-corrected chi connectivity index (χ3v) is 11.3. The summed E-state index contributed by atoms with van der Waals surface area (Å²) in [6.45, 7) is 18.7. The Hall–Kier alpha value is 0.0269. The van der Waals surface area contributed by atoms with E-state index >= 15 is 0 Å². The third-order valence-electron chi connectivity index (χ3n) is 6.12. The van der Waals surface area contributed by atoms with Crippen LogP contribution in [0.1, 0.15) is 59.6 Å². The van der Waals surface area contributed by atoms with E-state index in [1.807, 2.05) is 0 Å². The summed E-state index contributed by atoms with van der Waals surface area (Å²) in [5, 5.41) is 1.20. The second-order valence-electron chi connectivity index (χ2n) is 10.0. The Bertz CT molecular complexity index is 637. The average molecular weight is 519 g/mol. The Kier molecular flexibility index (Phi) is 8.57. The van der Waals surface area contributed by atoms with Crippen LogP contribution in [-0.4, -0.2) is 36.5 Å². The molecule has 5 heteroatoms. The smallest absolute Gasteiger partial charge is 0.193 e. The fraction of sp³-hybridized carbons (Fsp3) is 0.682. The molecule has 1 aliphatic heterocycles. The molecule has 0 amide bonds. The second-order valence-corrected chi connectivity index (χ2v) is 15.4. The fourth-order valence-corrected chi connectivity index (χ4v) is 5.48. The standard InChI is InChI=1S/C22H37BrNOSi.BrH/c1-17(24-16-22(5,6)14-19(24)15-23)20(18-12-10-9-11-13-18)25-26(7,8)21(2,3)4;/h9-13,16-17,19-20H,14-15H2,1-8H3;1H/q+1;/p-1/t17-,19?,20-;/m0./s1. The van der Waals surface area contributed by atoms with Gasteiger partial charge in [-0.25, -0.2) is 4.58 Å². The summed E-state index contributed by atoms with van der Waals surface area (Å²) in [6.07, 6.45) is 3.71. The van der Waals surface area contributed by atoms with E-state index in [0.717, 1.165) is 5.33 Å². The van der Waals surface area contributed by atoms with Gasteiger partial charge in [0.05, 0.1) is 5.33 Å². The minimum atomic E-state index is -1.88. The zero-order chi connectivity index (χ0) is 19.8. The van der Waals surface area contributed by atoms with E-state index in [-0.39, 0.29) is 33.5 Å². The second kappa shape index (κ2) is 9.23. The minimum absolute atomic E-state index is 0. The van der Waals surface area contributed by atoms with Gasteiger partial charge in [0.2, 0.25) is 0 Å². The van der Waals surface area contributed by atoms with Gasteiger partial charge in [0.15, 0.2) is 20.4 Å². The Balaban J connectivity index is 0.00000364. The van der Waals surface area contributed by atoms with Gasteiger partial charge in [-0.3, -0.25) is 0 Å². The lowest BCUT2D eigenvalue weighted by molar-refractivity contribution is -0.591. The molecule has 2 rings (SSSR count). The summed E-state index contributed by atoms with van der Waals surface area (Å²) in [5.41, 5.74) is 1.53. The summed E-state index contributed by atoms with van der Waals surface area (Å²) in [6, 6.07) is 11.6. The predicted molar refractivity (Wildman–Crippen MR) is 119 cm³/mol. The lowest BCUT2D eigenvalue weighted by Crippen LogP contribution is -3.00. The first-order chi connectivity index (χ1) is 11.9. The largest absolute Gasteiger partial charge is 1.00 e. The Labute approximate surface area is 186 Å². The van der Waals surface area contributed by atoms with Crippen molar-refractivity contribution in [2.75, 3.05) is 5.33 Å². The highest BCUT2D eigenvalue weighted by molar-refractivity contribution is 9.09. The molecule has 0 saturated carbocycles. The zero-order valence-electron chi connectivity index (χ0n) is 18.2. The minimum Gasteiger partial charge on any atom is -1.00 e. The molecule has 154 valence electrons. The maximum atomic E-state index is 6.99. The molecule has 0 N–H and O–H groups in total.